The fourth-order valence-corrected chi connectivity index (χ4v) is 2.30. The summed E-state index contributed by atoms with van der Waals surface area (Å²) in [6, 6.07) is 2.02. The number of hydrogen-bond acceptors (Lipinski definition) is 6. The Hall–Kier alpha value is -1.40. The summed E-state index contributed by atoms with van der Waals surface area (Å²) in [5.41, 5.74) is 5.50. The Morgan fingerprint density at radius 2 is 2.00 bits per heavy atom. The van der Waals surface area contributed by atoms with Gasteiger partial charge < -0.3 is 20.9 Å². The lowest BCUT2D eigenvalue weighted by Crippen LogP contribution is -2.46. The van der Waals surface area contributed by atoms with E-state index >= 15 is 0 Å². The van der Waals surface area contributed by atoms with Gasteiger partial charge in [0.15, 0.2) is 0 Å². The molecule has 1 fully saturated rings. The number of rotatable bonds is 5. The highest BCUT2D eigenvalue weighted by Crippen LogP contribution is 2.17. The minimum absolute atomic E-state index is 0.605. The first kappa shape index (κ1) is 14.0. The molecule has 1 aromatic rings. The molecule has 1 aliphatic heterocycles. The second kappa shape index (κ2) is 6.68. The number of nitrogens with two attached hydrogens (primary N) is 1. The van der Waals surface area contributed by atoms with Crippen LogP contribution in [-0.4, -0.2) is 60.7 Å². The molecule has 2 rings (SSSR count). The molecule has 0 bridgehead atoms. The van der Waals surface area contributed by atoms with E-state index in [1.807, 2.05) is 13.0 Å². The molecule has 1 saturated heterocycles. The quantitative estimate of drug-likeness (QED) is 0.797. The highest BCUT2D eigenvalue weighted by atomic mass is 15.3. The van der Waals surface area contributed by atoms with Crippen LogP contribution in [0.1, 0.15) is 12.7 Å². The van der Waals surface area contributed by atoms with Gasteiger partial charge in [-0.2, -0.15) is 0 Å². The standard InChI is InChI=1S/C13H24N6/c1-3-18-6-8-19(9-7-18)13-10-12(15-5-4-14)16-11(2)17-13/h10H,3-9,14H2,1-2H3,(H,15,16,17). The van der Waals surface area contributed by atoms with Gasteiger partial charge >= 0.3 is 0 Å². The average Bonchev–Trinajstić information content (AvgIpc) is 2.44. The molecule has 0 amide bonds. The van der Waals surface area contributed by atoms with Crippen molar-refractivity contribution in [1.82, 2.24) is 14.9 Å². The molecule has 0 atom stereocenters. The van der Waals surface area contributed by atoms with Crippen molar-refractivity contribution in [1.29, 1.82) is 0 Å². The fraction of sp³-hybridized carbons (Fsp3) is 0.692. The molecule has 1 aromatic heterocycles. The Morgan fingerprint density at radius 1 is 1.26 bits per heavy atom. The molecular weight excluding hydrogens is 240 g/mol. The third-order valence-electron chi connectivity index (χ3n) is 3.42. The lowest BCUT2D eigenvalue weighted by atomic mass is 10.3. The average molecular weight is 264 g/mol. The lowest BCUT2D eigenvalue weighted by molar-refractivity contribution is 0.270. The topological polar surface area (TPSA) is 70.3 Å². The number of nitrogens with one attached hydrogen (secondary N) is 1. The number of likely N-dealkylation sites (N-methyl/N-ethyl adjacent to an activating group) is 1. The van der Waals surface area contributed by atoms with E-state index in [-0.39, 0.29) is 0 Å². The van der Waals surface area contributed by atoms with Crippen LogP contribution in [0, 0.1) is 6.92 Å². The van der Waals surface area contributed by atoms with E-state index in [9.17, 15) is 0 Å². The second-order valence-corrected chi connectivity index (χ2v) is 4.80. The van der Waals surface area contributed by atoms with Crippen molar-refractivity contribution >= 4 is 11.6 Å². The zero-order chi connectivity index (χ0) is 13.7. The molecule has 6 heteroatoms. The van der Waals surface area contributed by atoms with E-state index < -0.39 is 0 Å². The van der Waals surface area contributed by atoms with E-state index in [1.165, 1.54) is 0 Å². The maximum Gasteiger partial charge on any atom is 0.134 e. The molecule has 1 aliphatic rings. The number of aryl methyl sites for hydroxylation is 1. The van der Waals surface area contributed by atoms with Crippen LogP contribution in [0.4, 0.5) is 11.6 Å². The monoisotopic (exact) mass is 264 g/mol. The van der Waals surface area contributed by atoms with Gasteiger partial charge in [-0.15, -0.1) is 0 Å². The first-order valence-corrected chi connectivity index (χ1v) is 7.00. The predicted octanol–water partition coefficient (Wildman–Crippen LogP) is 0.298. The molecule has 106 valence electrons. The van der Waals surface area contributed by atoms with Crippen molar-refractivity contribution in [2.24, 2.45) is 5.73 Å². The van der Waals surface area contributed by atoms with Crippen molar-refractivity contribution < 1.29 is 0 Å². The van der Waals surface area contributed by atoms with Crippen molar-refractivity contribution in [2.75, 3.05) is 56.0 Å². The van der Waals surface area contributed by atoms with Crippen molar-refractivity contribution in [3.63, 3.8) is 0 Å². The SMILES string of the molecule is CCN1CCN(c2cc(NCCN)nc(C)n2)CC1. The Labute approximate surface area is 115 Å². The summed E-state index contributed by atoms with van der Waals surface area (Å²) in [6.07, 6.45) is 0. The largest absolute Gasteiger partial charge is 0.369 e. The third kappa shape index (κ3) is 3.78. The lowest BCUT2D eigenvalue weighted by Gasteiger charge is -2.34. The highest BCUT2D eigenvalue weighted by molar-refractivity contribution is 5.49. The summed E-state index contributed by atoms with van der Waals surface area (Å²) in [4.78, 5) is 13.7. The molecule has 19 heavy (non-hydrogen) atoms. The molecule has 0 radical (unpaired) electrons. The molecule has 3 N–H and O–H groups in total. The summed E-state index contributed by atoms with van der Waals surface area (Å²) in [5.74, 6) is 2.68. The summed E-state index contributed by atoms with van der Waals surface area (Å²) < 4.78 is 0. The number of hydrogen-bond donors (Lipinski definition) is 2. The number of aromatic nitrogens is 2. The van der Waals surface area contributed by atoms with Gasteiger partial charge in [0, 0.05) is 45.3 Å². The van der Waals surface area contributed by atoms with Crippen molar-refractivity contribution in [2.45, 2.75) is 13.8 Å². The summed E-state index contributed by atoms with van der Waals surface area (Å²) >= 11 is 0. The van der Waals surface area contributed by atoms with Crippen LogP contribution in [0.5, 0.6) is 0 Å². The molecule has 0 saturated carbocycles. The Kier molecular flexibility index (Phi) is 4.93. The van der Waals surface area contributed by atoms with Crippen LogP contribution in [0.15, 0.2) is 6.07 Å². The van der Waals surface area contributed by atoms with E-state index in [0.717, 1.165) is 56.7 Å². The van der Waals surface area contributed by atoms with Crippen LogP contribution >= 0.6 is 0 Å². The number of nitrogens with zero attached hydrogens (tertiary/aromatic N) is 4. The molecule has 0 aliphatic carbocycles. The zero-order valence-corrected chi connectivity index (χ0v) is 11.9. The Bertz CT molecular complexity index is 400. The van der Waals surface area contributed by atoms with Gasteiger partial charge in [-0.1, -0.05) is 6.92 Å². The molecular formula is C13H24N6. The zero-order valence-electron chi connectivity index (χ0n) is 11.9. The van der Waals surface area contributed by atoms with Crippen LogP contribution in [0.3, 0.4) is 0 Å². The molecule has 0 spiro atoms. The molecule has 0 unspecified atom stereocenters. The Morgan fingerprint density at radius 3 is 2.63 bits per heavy atom. The van der Waals surface area contributed by atoms with Crippen molar-refractivity contribution in [3.05, 3.63) is 11.9 Å². The summed E-state index contributed by atoms with van der Waals surface area (Å²) in [5, 5.41) is 3.22. The van der Waals surface area contributed by atoms with E-state index in [4.69, 9.17) is 5.73 Å². The van der Waals surface area contributed by atoms with Gasteiger partial charge in [-0.25, -0.2) is 9.97 Å². The van der Waals surface area contributed by atoms with E-state index in [0.29, 0.717) is 6.54 Å². The Balaban J connectivity index is 2.05. The van der Waals surface area contributed by atoms with Crippen LogP contribution in [0.25, 0.3) is 0 Å². The van der Waals surface area contributed by atoms with Gasteiger partial charge in [0.1, 0.15) is 17.5 Å². The predicted molar refractivity (Wildman–Crippen MR) is 78.6 cm³/mol. The van der Waals surface area contributed by atoms with E-state index in [2.05, 4.69) is 32.0 Å². The van der Waals surface area contributed by atoms with Gasteiger partial charge in [0.05, 0.1) is 0 Å². The number of piperazine rings is 1. The number of anilines is 2. The smallest absolute Gasteiger partial charge is 0.134 e. The summed E-state index contributed by atoms with van der Waals surface area (Å²) in [7, 11) is 0. The maximum absolute atomic E-state index is 5.50. The van der Waals surface area contributed by atoms with E-state index in [1.54, 1.807) is 0 Å². The first-order chi connectivity index (χ1) is 9.22. The molecule has 0 aromatic carbocycles. The minimum atomic E-state index is 0.605. The summed E-state index contributed by atoms with van der Waals surface area (Å²) in [6.45, 7) is 10.9. The second-order valence-electron chi connectivity index (χ2n) is 4.80. The third-order valence-corrected chi connectivity index (χ3v) is 3.42. The van der Waals surface area contributed by atoms with Gasteiger partial charge in [-0.05, 0) is 13.5 Å². The highest BCUT2D eigenvalue weighted by Gasteiger charge is 2.17. The van der Waals surface area contributed by atoms with Crippen LogP contribution in [0.2, 0.25) is 0 Å². The van der Waals surface area contributed by atoms with Gasteiger partial charge in [0.25, 0.3) is 0 Å². The fourth-order valence-electron chi connectivity index (χ4n) is 2.30. The first-order valence-electron chi connectivity index (χ1n) is 7.00. The molecule has 6 nitrogen and oxygen atoms in total. The minimum Gasteiger partial charge on any atom is -0.369 e. The van der Waals surface area contributed by atoms with Gasteiger partial charge in [-0.3, -0.25) is 0 Å². The maximum atomic E-state index is 5.50. The van der Waals surface area contributed by atoms with Crippen LogP contribution < -0.4 is 16.0 Å². The van der Waals surface area contributed by atoms with Gasteiger partial charge in [0.2, 0.25) is 0 Å². The normalized spacial score (nSPS) is 16.7. The van der Waals surface area contributed by atoms with Crippen LogP contribution in [-0.2, 0) is 0 Å². The van der Waals surface area contributed by atoms with Crippen molar-refractivity contribution in [3.8, 4) is 0 Å². The molecule has 2 heterocycles.